The second-order valence-corrected chi connectivity index (χ2v) is 4.87. The highest BCUT2D eigenvalue weighted by Gasteiger charge is 2.07. The highest BCUT2D eigenvalue weighted by molar-refractivity contribution is 9.10. The van der Waals surface area contributed by atoms with E-state index in [9.17, 15) is 9.18 Å². The summed E-state index contributed by atoms with van der Waals surface area (Å²) in [6.45, 7) is 0. The fraction of sp³-hybridized carbons (Fsp3) is 0.0714. The maximum Gasteiger partial charge on any atom is 0.228 e. The molecule has 0 aliphatic carbocycles. The lowest BCUT2D eigenvalue weighted by molar-refractivity contribution is -0.115. The van der Waals surface area contributed by atoms with Crippen molar-refractivity contribution in [3.8, 4) is 5.75 Å². The van der Waals surface area contributed by atoms with Crippen molar-refractivity contribution < 1.29 is 14.3 Å². The van der Waals surface area contributed by atoms with E-state index in [1.54, 1.807) is 12.1 Å². The van der Waals surface area contributed by atoms with Crippen molar-refractivity contribution in [2.24, 2.45) is 0 Å². The molecule has 98 valence electrons. The van der Waals surface area contributed by atoms with Crippen LogP contribution in [0.2, 0.25) is 0 Å². The molecular weight excluding hydrogens is 313 g/mol. The molecule has 2 aromatic rings. The first-order valence-corrected chi connectivity index (χ1v) is 6.37. The minimum atomic E-state index is -0.372. The first kappa shape index (κ1) is 13.5. The zero-order valence-corrected chi connectivity index (χ0v) is 11.4. The van der Waals surface area contributed by atoms with Crippen LogP contribution in [0.15, 0.2) is 46.9 Å². The van der Waals surface area contributed by atoms with E-state index in [0.717, 1.165) is 5.56 Å². The Balaban J connectivity index is 2.03. The van der Waals surface area contributed by atoms with Crippen LogP contribution in [0.1, 0.15) is 5.56 Å². The normalized spacial score (nSPS) is 10.2. The van der Waals surface area contributed by atoms with E-state index < -0.39 is 0 Å². The van der Waals surface area contributed by atoms with Crippen molar-refractivity contribution in [3.05, 3.63) is 58.3 Å². The minimum Gasteiger partial charge on any atom is -0.508 e. The number of aromatic hydroxyl groups is 1. The van der Waals surface area contributed by atoms with Gasteiger partial charge in [0.15, 0.2) is 0 Å². The van der Waals surface area contributed by atoms with Gasteiger partial charge in [-0.2, -0.15) is 0 Å². The lowest BCUT2D eigenvalue weighted by Crippen LogP contribution is -2.14. The van der Waals surface area contributed by atoms with Crippen molar-refractivity contribution in [3.63, 3.8) is 0 Å². The van der Waals surface area contributed by atoms with Crippen LogP contribution in [0.3, 0.4) is 0 Å². The van der Waals surface area contributed by atoms with Crippen molar-refractivity contribution in [1.82, 2.24) is 0 Å². The molecule has 0 spiro atoms. The number of hydrogen-bond acceptors (Lipinski definition) is 2. The summed E-state index contributed by atoms with van der Waals surface area (Å²) in [6, 6.07) is 10.5. The molecule has 0 atom stereocenters. The van der Waals surface area contributed by atoms with Crippen LogP contribution in [-0.2, 0) is 11.2 Å². The molecule has 0 unspecified atom stereocenters. The van der Waals surface area contributed by atoms with Crippen molar-refractivity contribution in [2.45, 2.75) is 6.42 Å². The Hall–Kier alpha value is -1.88. The van der Waals surface area contributed by atoms with Crippen LogP contribution >= 0.6 is 15.9 Å². The number of nitrogens with one attached hydrogen (secondary N) is 1. The van der Waals surface area contributed by atoms with Crippen molar-refractivity contribution in [1.29, 1.82) is 0 Å². The quantitative estimate of drug-likeness (QED) is 0.908. The molecular formula is C14H11BrFNO2. The highest BCUT2D eigenvalue weighted by atomic mass is 79.9. The molecule has 0 saturated carbocycles. The number of carbonyl (C=O) groups excluding carboxylic acids is 1. The fourth-order valence-electron chi connectivity index (χ4n) is 1.58. The summed E-state index contributed by atoms with van der Waals surface area (Å²) in [4.78, 5) is 11.8. The van der Waals surface area contributed by atoms with Gasteiger partial charge in [0.2, 0.25) is 5.91 Å². The van der Waals surface area contributed by atoms with Gasteiger partial charge in [0.25, 0.3) is 0 Å². The van der Waals surface area contributed by atoms with E-state index in [0.29, 0.717) is 10.2 Å². The van der Waals surface area contributed by atoms with Crippen LogP contribution in [0.25, 0.3) is 0 Å². The Labute approximate surface area is 118 Å². The van der Waals surface area contributed by atoms with E-state index in [4.69, 9.17) is 5.11 Å². The first-order chi connectivity index (χ1) is 9.04. The Kier molecular flexibility index (Phi) is 4.16. The van der Waals surface area contributed by atoms with Crippen LogP contribution < -0.4 is 5.32 Å². The molecule has 19 heavy (non-hydrogen) atoms. The smallest absolute Gasteiger partial charge is 0.228 e. The lowest BCUT2D eigenvalue weighted by atomic mass is 10.1. The molecule has 0 aliphatic rings. The number of anilines is 1. The molecule has 0 saturated heterocycles. The number of hydrogen-bond donors (Lipinski definition) is 2. The van der Waals surface area contributed by atoms with Gasteiger partial charge < -0.3 is 10.4 Å². The average Bonchev–Trinajstić information content (AvgIpc) is 2.36. The second-order valence-electron chi connectivity index (χ2n) is 4.02. The Bertz CT molecular complexity index is 599. The van der Waals surface area contributed by atoms with Crippen molar-refractivity contribution >= 4 is 27.5 Å². The summed E-state index contributed by atoms with van der Waals surface area (Å²) in [5.74, 6) is -0.424. The highest BCUT2D eigenvalue weighted by Crippen LogP contribution is 2.23. The number of carbonyl (C=O) groups is 1. The number of rotatable bonds is 3. The molecule has 0 aliphatic heterocycles. The molecule has 5 heteroatoms. The minimum absolute atomic E-state index is 0.158. The summed E-state index contributed by atoms with van der Waals surface area (Å²) in [5, 5.41) is 11.8. The molecule has 0 aromatic heterocycles. The topological polar surface area (TPSA) is 49.3 Å². The predicted octanol–water partition coefficient (Wildman–Crippen LogP) is 3.48. The number of phenolic OH excluding ortho intramolecular Hbond substituents is 1. The van der Waals surface area contributed by atoms with Gasteiger partial charge >= 0.3 is 0 Å². The number of benzene rings is 2. The van der Waals surface area contributed by atoms with Gasteiger partial charge in [-0.15, -0.1) is 0 Å². The first-order valence-electron chi connectivity index (χ1n) is 5.57. The van der Waals surface area contributed by atoms with Gasteiger partial charge in [-0.1, -0.05) is 12.1 Å². The average molecular weight is 324 g/mol. The SMILES string of the molecule is O=C(Cc1ccc(O)cc1)Nc1ccc(F)cc1Br. The van der Waals surface area contributed by atoms with E-state index in [-0.39, 0.29) is 23.9 Å². The van der Waals surface area contributed by atoms with Gasteiger partial charge in [0, 0.05) is 4.47 Å². The van der Waals surface area contributed by atoms with E-state index in [1.807, 2.05) is 0 Å². The van der Waals surface area contributed by atoms with Crippen LogP contribution in [0.5, 0.6) is 5.75 Å². The fourth-order valence-corrected chi connectivity index (χ4v) is 2.03. The second kappa shape index (κ2) is 5.84. The maximum absolute atomic E-state index is 12.9. The van der Waals surface area contributed by atoms with Gasteiger partial charge in [-0.3, -0.25) is 4.79 Å². The molecule has 3 nitrogen and oxygen atoms in total. The Morgan fingerprint density at radius 1 is 1.21 bits per heavy atom. The third kappa shape index (κ3) is 3.79. The molecule has 2 aromatic carbocycles. The van der Waals surface area contributed by atoms with E-state index in [2.05, 4.69) is 21.2 Å². The van der Waals surface area contributed by atoms with Crippen LogP contribution in [-0.4, -0.2) is 11.0 Å². The van der Waals surface area contributed by atoms with Crippen molar-refractivity contribution in [2.75, 3.05) is 5.32 Å². The molecule has 2 N–H and O–H groups in total. The van der Waals surface area contributed by atoms with Gasteiger partial charge in [-0.05, 0) is 51.8 Å². The molecule has 0 heterocycles. The monoisotopic (exact) mass is 323 g/mol. The third-order valence-electron chi connectivity index (χ3n) is 2.51. The third-order valence-corrected chi connectivity index (χ3v) is 3.16. The standard InChI is InChI=1S/C14H11BrFNO2/c15-12-8-10(16)3-6-13(12)17-14(19)7-9-1-4-11(18)5-2-9/h1-6,8,18H,7H2,(H,17,19). The summed E-state index contributed by atoms with van der Waals surface area (Å²) in [5.41, 5.74) is 1.30. The number of amides is 1. The van der Waals surface area contributed by atoms with Gasteiger partial charge in [0.1, 0.15) is 11.6 Å². The Morgan fingerprint density at radius 3 is 2.53 bits per heavy atom. The Morgan fingerprint density at radius 2 is 1.89 bits per heavy atom. The zero-order chi connectivity index (χ0) is 13.8. The van der Waals surface area contributed by atoms with E-state index in [1.165, 1.54) is 30.3 Å². The largest absolute Gasteiger partial charge is 0.508 e. The summed E-state index contributed by atoms with van der Waals surface area (Å²) in [7, 11) is 0. The van der Waals surface area contributed by atoms with E-state index >= 15 is 0 Å². The molecule has 0 radical (unpaired) electrons. The summed E-state index contributed by atoms with van der Waals surface area (Å²) >= 11 is 3.18. The summed E-state index contributed by atoms with van der Waals surface area (Å²) < 4.78 is 13.4. The maximum atomic E-state index is 12.9. The lowest BCUT2D eigenvalue weighted by Gasteiger charge is -2.07. The predicted molar refractivity (Wildman–Crippen MR) is 74.5 cm³/mol. The van der Waals surface area contributed by atoms with Crippen LogP contribution in [0.4, 0.5) is 10.1 Å². The van der Waals surface area contributed by atoms with Crippen LogP contribution in [0, 0.1) is 5.82 Å². The summed E-state index contributed by atoms with van der Waals surface area (Å²) in [6.07, 6.45) is 0.185. The number of halogens is 2. The van der Waals surface area contributed by atoms with Gasteiger partial charge in [0.05, 0.1) is 12.1 Å². The molecule has 1 amide bonds. The molecule has 0 fully saturated rings. The zero-order valence-electron chi connectivity index (χ0n) is 9.86. The van der Waals surface area contributed by atoms with Gasteiger partial charge in [-0.25, -0.2) is 4.39 Å². The number of phenols is 1. The molecule has 0 bridgehead atoms. The molecule has 2 rings (SSSR count).